The van der Waals surface area contributed by atoms with E-state index in [9.17, 15) is 19.2 Å². The van der Waals surface area contributed by atoms with Gasteiger partial charge in [-0.2, -0.15) is 0 Å². The molecular weight excluding hydrogens is 300 g/mol. The van der Waals surface area contributed by atoms with Gasteiger partial charge < -0.3 is 21.7 Å². The summed E-state index contributed by atoms with van der Waals surface area (Å²) >= 11 is 0. The highest BCUT2D eigenvalue weighted by atomic mass is 16.2. The molecule has 0 saturated heterocycles. The van der Waals surface area contributed by atoms with Gasteiger partial charge in [-0.15, -0.1) is 0 Å². The van der Waals surface area contributed by atoms with Crippen LogP contribution < -0.4 is 21.7 Å². The van der Waals surface area contributed by atoms with E-state index in [1.165, 1.54) is 6.92 Å². The molecule has 0 aromatic rings. The second-order valence-electron chi connectivity index (χ2n) is 5.82. The smallest absolute Gasteiger partial charge is 0.242 e. The first-order valence-corrected chi connectivity index (χ1v) is 7.76. The highest BCUT2D eigenvalue weighted by Crippen LogP contribution is 1.99. The number of carbonyl (C=O) groups is 4. The molecule has 0 aliphatic rings. The standard InChI is InChI=1S/C15H28N4O4/c1-6-12(20)11(7-13(16)21)19-15(23)10(5)18-14(22)9(4)17-8(2)3/h8-11,17H,6-7H2,1-5H3,(H2,16,21)(H,18,22)(H,19,23)/t9-,10-,11-/m0/s1. The molecule has 0 aromatic carbocycles. The molecular formula is C15H28N4O4. The van der Waals surface area contributed by atoms with Crippen molar-refractivity contribution in [1.82, 2.24) is 16.0 Å². The highest BCUT2D eigenvalue weighted by molar-refractivity contribution is 5.95. The largest absolute Gasteiger partial charge is 0.370 e. The predicted molar refractivity (Wildman–Crippen MR) is 86.4 cm³/mol. The summed E-state index contributed by atoms with van der Waals surface area (Å²) in [4.78, 5) is 46.8. The normalized spacial score (nSPS) is 14.7. The number of amides is 3. The third-order valence-corrected chi connectivity index (χ3v) is 3.19. The van der Waals surface area contributed by atoms with Gasteiger partial charge in [0.15, 0.2) is 5.78 Å². The highest BCUT2D eigenvalue weighted by Gasteiger charge is 2.25. The van der Waals surface area contributed by atoms with Gasteiger partial charge in [0.25, 0.3) is 0 Å². The number of primary amides is 1. The van der Waals surface area contributed by atoms with Crippen molar-refractivity contribution in [2.24, 2.45) is 5.73 Å². The number of hydrogen-bond acceptors (Lipinski definition) is 5. The van der Waals surface area contributed by atoms with Gasteiger partial charge in [0.1, 0.15) is 6.04 Å². The monoisotopic (exact) mass is 328 g/mol. The number of carbonyl (C=O) groups excluding carboxylic acids is 4. The number of rotatable bonds is 10. The number of Topliss-reactive ketones (excluding diaryl/α,β-unsaturated/α-hetero) is 1. The Labute approximate surface area is 136 Å². The van der Waals surface area contributed by atoms with E-state index in [4.69, 9.17) is 5.73 Å². The lowest BCUT2D eigenvalue weighted by molar-refractivity contribution is -0.132. The fourth-order valence-corrected chi connectivity index (χ4v) is 1.97. The summed E-state index contributed by atoms with van der Waals surface area (Å²) in [6.07, 6.45) is -0.0846. The molecule has 0 fully saturated rings. The number of nitrogens with two attached hydrogens (primary N) is 1. The second-order valence-corrected chi connectivity index (χ2v) is 5.82. The molecule has 0 aromatic heterocycles. The number of nitrogens with one attached hydrogen (secondary N) is 3. The molecule has 5 N–H and O–H groups in total. The minimum Gasteiger partial charge on any atom is -0.370 e. The van der Waals surface area contributed by atoms with E-state index in [1.807, 2.05) is 13.8 Å². The zero-order chi connectivity index (χ0) is 18.2. The maximum absolute atomic E-state index is 12.1. The first-order chi connectivity index (χ1) is 10.6. The molecule has 8 nitrogen and oxygen atoms in total. The minimum atomic E-state index is -0.962. The molecule has 23 heavy (non-hydrogen) atoms. The third-order valence-electron chi connectivity index (χ3n) is 3.19. The van der Waals surface area contributed by atoms with Gasteiger partial charge in [-0.05, 0) is 13.8 Å². The van der Waals surface area contributed by atoms with Crippen LogP contribution in [0.2, 0.25) is 0 Å². The van der Waals surface area contributed by atoms with E-state index in [0.29, 0.717) is 0 Å². The van der Waals surface area contributed by atoms with Crippen LogP contribution in [0, 0.1) is 0 Å². The van der Waals surface area contributed by atoms with Crippen molar-refractivity contribution >= 4 is 23.5 Å². The Morgan fingerprint density at radius 1 is 0.913 bits per heavy atom. The Balaban J connectivity index is 4.65. The van der Waals surface area contributed by atoms with E-state index >= 15 is 0 Å². The molecule has 0 spiro atoms. The molecule has 0 aliphatic heterocycles. The summed E-state index contributed by atoms with van der Waals surface area (Å²) < 4.78 is 0. The van der Waals surface area contributed by atoms with E-state index < -0.39 is 29.9 Å². The zero-order valence-corrected chi connectivity index (χ0v) is 14.4. The van der Waals surface area contributed by atoms with Crippen LogP contribution in [0.15, 0.2) is 0 Å². The van der Waals surface area contributed by atoms with Gasteiger partial charge in [0, 0.05) is 12.5 Å². The third kappa shape index (κ3) is 8.29. The van der Waals surface area contributed by atoms with Crippen molar-refractivity contribution in [1.29, 1.82) is 0 Å². The quantitative estimate of drug-likeness (QED) is 0.418. The van der Waals surface area contributed by atoms with Gasteiger partial charge >= 0.3 is 0 Å². The first kappa shape index (κ1) is 21.0. The van der Waals surface area contributed by atoms with E-state index in [-0.39, 0.29) is 30.6 Å². The van der Waals surface area contributed by atoms with Crippen LogP contribution in [-0.2, 0) is 19.2 Å². The molecule has 3 amide bonds. The number of hydrogen-bond donors (Lipinski definition) is 4. The van der Waals surface area contributed by atoms with Crippen LogP contribution in [0.1, 0.15) is 47.5 Å². The molecule has 0 unspecified atom stereocenters. The average Bonchev–Trinajstić information content (AvgIpc) is 2.44. The molecule has 8 heteroatoms. The predicted octanol–water partition coefficient (Wildman–Crippen LogP) is -0.783. The SMILES string of the molecule is CCC(=O)[C@H](CC(N)=O)NC(=O)[C@H](C)NC(=O)[C@H](C)NC(C)C. The second kappa shape index (κ2) is 9.94. The number of ketones is 1. The maximum atomic E-state index is 12.1. The van der Waals surface area contributed by atoms with E-state index in [2.05, 4.69) is 16.0 Å². The van der Waals surface area contributed by atoms with Crippen molar-refractivity contribution in [3.8, 4) is 0 Å². The summed E-state index contributed by atoms with van der Waals surface area (Å²) in [6, 6.07) is -2.12. The van der Waals surface area contributed by atoms with Crippen molar-refractivity contribution in [3.05, 3.63) is 0 Å². The zero-order valence-electron chi connectivity index (χ0n) is 14.4. The van der Waals surface area contributed by atoms with Gasteiger partial charge in [0.2, 0.25) is 17.7 Å². The van der Waals surface area contributed by atoms with Crippen LogP contribution in [-0.4, -0.2) is 47.7 Å². The maximum Gasteiger partial charge on any atom is 0.242 e. The Kier molecular flexibility index (Phi) is 9.09. The molecule has 132 valence electrons. The molecule has 0 bridgehead atoms. The van der Waals surface area contributed by atoms with E-state index in [1.54, 1.807) is 13.8 Å². The summed E-state index contributed by atoms with van der Waals surface area (Å²) in [5, 5.41) is 8.04. The van der Waals surface area contributed by atoms with Crippen molar-refractivity contribution in [2.75, 3.05) is 0 Å². The Bertz CT molecular complexity index is 451. The van der Waals surface area contributed by atoms with Crippen LogP contribution in [0.3, 0.4) is 0 Å². The van der Waals surface area contributed by atoms with Gasteiger partial charge in [-0.1, -0.05) is 20.8 Å². The lowest BCUT2D eigenvalue weighted by Crippen LogP contribution is -2.54. The van der Waals surface area contributed by atoms with Crippen molar-refractivity contribution < 1.29 is 19.2 Å². The lowest BCUT2D eigenvalue weighted by atomic mass is 10.1. The minimum absolute atomic E-state index is 0.127. The van der Waals surface area contributed by atoms with Gasteiger partial charge in [-0.25, -0.2) is 0 Å². The fraction of sp³-hybridized carbons (Fsp3) is 0.733. The van der Waals surface area contributed by atoms with Crippen LogP contribution in [0.5, 0.6) is 0 Å². The van der Waals surface area contributed by atoms with Crippen molar-refractivity contribution in [2.45, 2.75) is 71.6 Å². The molecule has 0 radical (unpaired) electrons. The molecule has 3 atom stereocenters. The summed E-state index contributed by atoms with van der Waals surface area (Å²) in [6.45, 7) is 8.64. The van der Waals surface area contributed by atoms with Crippen LogP contribution in [0.25, 0.3) is 0 Å². The van der Waals surface area contributed by atoms with Gasteiger partial charge in [0.05, 0.1) is 18.5 Å². The Morgan fingerprint density at radius 3 is 1.87 bits per heavy atom. The van der Waals surface area contributed by atoms with Crippen LogP contribution >= 0.6 is 0 Å². The summed E-state index contributed by atoms with van der Waals surface area (Å²) in [5.74, 6) is -1.83. The average molecular weight is 328 g/mol. The molecule has 0 aliphatic carbocycles. The first-order valence-electron chi connectivity index (χ1n) is 7.76. The summed E-state index contributed by atoms with van der Waals surface area (Å²) in [7, 11) is 0. The Hall–Kier alpha value is -1.96. The molecule has 0 rings (SSSR count). The lowest BCUT2D eigenvalue weighted by Gasteiger charge is -2.22. The van der Waals surface area contributed by atoms with E-state index in [0.717, 1.165) is 0 Å². The fourth-order valence-electron chi connectivity index (χ4n) is 1.97. The van der Waals surface area contributed by atoms with Gasteiger partial charge in [-0.3, -0.25) is 19.2 Å². The Morgan fingerprint density at radius 2 is 1.43 bits per heavy atom. The van der Waals surface area contributed by atoms with Crippen LogP contribution in [0.4, 0.5) is 0 Å². The van der Waals surface area contributed by atoms with Crippen molar-refractivity contribution in [3.63, 3.8) is 0 Å². The summed E-state index contributed by atoms with van der Waals surface area (Å²) in [5.41, 5.74) is 5.08. The molecule has 0 heterocycles. The topological polar surface area (TPSA) is 130 Å². The molecule has 0 saturated carbocycles.